The number of halogens is 2. The molecule has 6 heteroatoms. The molecule has 0 N–H and O–H groups in total. The molecule has 1 aliphatic heterocycles. The molecule has 0 bridgehead atoms. The lowest BCUT2D eigenvalue weighted by atomic mass is 9.97. The van der Waals surface area contributed by atoms with Gasteiger partial charge in [-0.3, -0.25) is 14.9 Å². The fourth-order valence-electron chi connectivity index (χ4n) is 4.04. The van der Waals surface area contributed by atoms with Crippen LogP contribution in [-0.2, 0) is 13.0 Å². The Morgan fingerprint density at radius 1 is 1.00 bits per heavy atom. The first-order valence-corrected chi connectivity index (χ1v) is 9.62. The van der Waals surface area contributed by atoms with Gasteiger partial charge in [0.25, 0.3) is 0 Å². The monoisotopic (exact) mass is 382 g/mol. The SMILES string of the molecule is CN1CCN(Cc2ccc(F)c(F)c2)CC(Cc2ccnc3cccnc23)C1. The van der Waals surface area contributed by atoms with Crippen LogP contribution < -0.4 is 0 Å². The number of hydrogen-bond donors (Lipinski definition) is 0. The lowest BCUT2D eigenvalue weighted by Crippen LogP contribution is -2.30. The van der Waals surface area contributed by atoms with Gasteiger partial charge in [-0.25, -0.2) is 8.78 Å². The molecule has 1 aliphatic rings. The van der Waals surface area contributed by atoms with Crippen LogP contribution in [0.5, 0.6) is 0 Å². The zero-order chi connectivity index (χ0) is 19.5. The van der Waals surface area contributed by atoms with Crippen molar-refractivity contribution in [2.75, 3.05) is 33.2 Å². The zero-order valence-electron chi connectivity index (χ0n) is 16.0. The van der Waals surface area contributed by atoms with Gasteiger partial charge in [-0.1, -0.05) is 6.07 Å². The standard InChI is InChI=1S/C22H24F2N4/c1-27-9-10-28(14-16-4-5-19(23)20(24)12-16)15-17(13-27)11-18-6-8-25-21-3-2-7-26-22(18)21/h2-8,12,17H,9-11,13-15H2,1H3. The molecule has 2 aromatic heterocycles. The summed E-state index contributed by atoms with van der Waals surface area (Å²) in [4.78, 5) is 13.6. The highest BCUT2D eigenvalue weighted by molar-refractivity contribution is 5.77. The molecule has 1 saturated heterocycles. The highest BCUT2D eigenvalue weighted by atomic mass is 19.2. The molecule has 0 spiro atoms. The highest BCUT2D eigenvalue weighted by Gasteiger charge is 2.22. The maximum absolute atomic E-state index is 13.6. The molecule has 1 atom stereocenters. The van der Waals surface area contributed by atoms with Crippen molar-refractivity contribution in [2.24, 2.45) is 5.92 Å². The molecule has 0 amide bonds. The Morgan fingerprint density at radius 2 is 1.89 bits per heavy atom. The third kappa shape index (κ3) is 4.34. The van der Waals surface area contributed by atoms with Gasteiger partial charge in [0.15, 0.2) is 11.6 Å². The third-order valence-electron chi connectivity index (χ3n) is 5.36. The molecule has 4 nitrogen and oxygen atoms in total. The Labute approximate surface area is 163 Å². The number of pyridine rings is 2. The van der Waals surface area contributed by atoms with E-state index < -0.39 is 11.6 Å². The molecule has 3 aromatic rings. The predicted octanol–water partition coefficient (Wildman–Crippen LogP) is 3.51. The van der Waals surface area contributed by atoms with Gasteiger partial charge in [-0.15, -0.1) is 0 Å². The molecule has 4 rings (SSSR count). The minimum atomic E-state index is -0.797. The predicted molar refractivity (Wildman–Crippen MR) is 106 cm³/mol. The van der Waals surface area contributed by atoms with E-state index in [9.17, 15) is 8.78 Å². The molecule has 1 unspecified atom stereocenters. The first-order chi connectivity index (χ1) is 13.6. The number of fused-ring (bicyclic) bond motifs is 1. The summed E-state index contributed by atoms with van der Waals surface area (Å²) in [6.07, 6.45) is 4.57. The van der Waals surface area contributed by atoms with E-state index in [-0.39, 0.29) is 0 Å². The van der Waals surface area contributed by atoms with Crippen LogP contribution in [0.1, 0.15) is 11.1 Å². The van der Waals surface area contributed by atoms with Crippen LogP contribution in [0.3, 0.4) is 0 Å². The van der Waals surface area contributed by atoms with Gasteiger partial charge in [-0.05, 0) is 60.8 Å². The van der Waals surface area contributed by atoms with Crippen molar-refractivity contribution < 1.29 is 8.78 Å². The largest absolute Gasteiger partial charge is 0.305 e. The van der Waals surface area contributed by atoms with Gasteiger partial charge in [0.2, 0.25) is 0 Å². The van der Waals surface area contributed by atoms with Crippen LogP contribution in [0.15, 0.2) is 48.8 Å². The molecule has 1 aromatic carbocycles. The Bertz CT molecular complexity index is 957. The Hall–Kier alpha value is -2.44. The highest BCUT2D eigenvalue weighted by Crippen LogP contribution is 2.21. The number of aromatic nitrogens is 2. The second-order valence-corrected chi connectivity index (χ2v) is 7.66. The zero-order valence-corrected chi connectivity index (χ0v) is 16.0. The second-order valence-electron chi connectivity index (χ2n) is 7.66. The van der Waals surface area contributed by atoms with E-state index >= 15 is 0 Å². The van der Waals surface area contributed by atoms with E-state index in [1.165, 1.54) is 17.7 Å². The van der Waals surface area contributed by atoms with Crippen molar-refractivity contribution in [1.82, 2.24) is 19.8 Å². The van der Waals surface area contributed by atoms with Gasteiger partial charge < -0.3 is 4.90 Å². The number of likely N-dealkylation sites (N-methyl/N-ethyl adjacent to an activating group) is 1. The van der Waals surface area contributed by atoms with Gasteiger partial charge in [0.05, 0.1) is 11.0 Å². The number of hydrogen-bond acceptors (Lipinski definition) is 4. The van der Waals surface area contributed by atoms with E-state index in [0.717, 1.165) is 49.2 Å². The number of rotatable bonds is 4. The molecule has 0 saturated carbocycles. The van der Waals surface area contributed by atoms with Gasteiger partial charge in [0, 0.05) is 45.1 Å². The van der Waals surface area contributed by atoms with E-state index in [1.54, 1.807) is 6.07 Å². The van der Waals surface area contributed by atoms with E-state index in [2.05, 4.69) is 32.9 Å². The summed E-state index contributed by atoms with van der Waals surface area (Å²) in [7, 11) is 2.14. The average molecular weight is 382 g/mol. The summed E-state index contributed by atoms with van der Waals surface area (Å²) >= 11 is 0. The summed E-state index contributed by atoms with van der Waals surface area (Å²) in [5.74, 6) is -1.16. The molecule has 0 aliphatic carbocycles. The lowest BCUT2D eigenvalue weighted by molar-refractivity contribution is 0.248. The Balaban J connectivity index is 1.52. The quantitative estimate of drug-likeness (QED) is 0.691. The molecule has 28 heavy (non-hydrogen) atoms. The first kappa shape index (κ1) is 18.9. The van der Waals surface area contributed by atoms with E-state index in [0.29, 0.717) is 12.5 Å². The summed E-state index contributed by atoms with van der Waals surface area (Å²) in [6.45, 7) is 4.37. The topological polar surface area (TPSA) is 32.3 Å². The molecule has 0 radical (unpaired) electrons. The van der Waals surface area contributed by atoms with Crippen LogP contribution >= 0.6 is 0 Å². The normalized spacial score (nSPS) is 19.0. The van der Waals surface area contributed by atoms with Crippen LogP contribution in [0.2, 0.25) is 0 Å². The minimum Gasteiger partial charge on any atom is -0.305 e. The minimum absolute atomic E-state index is 0.422. The van der Waals surface area contributed by atoms with E-state index in [1.807, 2.05) is 24.5 Å². The lowest BCUT2D eigenvalue weighted by Gasteiger charge is -2.24. The van der Waals surface area contributed by atoms with Gasteiger partial charge in [-0.2, -0.15) is 0 Å². The van der Waals surface area contributed by atoms with Gasteiger partial charge >= 0.3 is 0 Å². The Morgan fingerprint density at radius 3 is 2.75 bits per heavy atom. The first-order valence-electron chi connectivity index (χ1n) is 9.62. The smallest absolute Gasteiger partial charge is 0.159 e. The molecular weight excluding hydrogens is 358 g/mol. The van der Waals surface area contributed by atoms with Crippen molar-refractivity contribution >= 4 is 11.0 Å². The molecule has 3 heterocycles. The maximum Gasteiger partial charge on any atom is 0.159 e. The Kier molecular flexibility index (Phi) is 5.59. The summed E-state index contributed by atoms with van der Waals surface area (Å²) < 4.78 is 26.8. The van der Waals surface area contributed by atoms with Crippen molar-refractivity contribution in [1.29, 1.82) is 0 Å². The molecule has 146 valence electrons. The van der Waals surface area contributed by atoms with Crippen LogP contribution in [0.4, 0.5) is 8.78 Å². The van der Waals surface area contributed by atoms with Crippen molar-refractivity contribution in [3.05, 3.63) is 71.6 Å². The van der Waals surface area contributed by atoms with Gasteiger partial charge in [0.1, 0.15) is 0 Å². The van der Waals surface area contributed by atoms with Crippen LogP contribution in [0, 0.1) is 17.6 Å². The molecular formula is C22H24F2N4. The fourth-order valence-corrected chi connectivity index (χ4v) is 4.04. The van der Waals surface area contributed by atoms with Crippen molar-refractivity contribution in [3.8, 4) is 0 Å². The summed E-state index contributed by atoms with van der Waals surface area (Å²) in [5, 5.41) is 0. The van der Waals surface area contributed by atoms with Crippen molar-refractivity contribution in [3.63, 3.8) is 0 Å². The maximum atomic E-state index is 13.6. The number of benzene rings is 1. The third-order valence-corrected chi connectivity index (χ3v) is 5.36. The fraction of sp³-hybridized carbons (Fsp3) is 0.364. The number of nitrogens with zero attached hydrogens (tertiary/aromatic N) is 4. The second kappa shape index (κ2) is 8.29. The van der Waals surface area contributed by atoms with Crippen LogP contribution in [0.25, 0.3) is 11.0 Å². The summed E-state index contributed by atoms with van der Waals surface area (Å²) in [6, 6.07) is 10.1. The summed E-state index contributed by atoms with van der Waals surface area (Å²) in [5.41, 5.74) is 3.89. The average Bonchev–Trinajstić information content (AvgIpc) is 2.86. The van der Waals surface area contributed by atoms with E-state index in [4.69, 9.17) is 0 Å². The van der Waals surface area contributed by atoms with Crippen LogP contribution in [-0.4, -0.2) is 53.0 Å². The van der Waals surface area contributed by atoms with Crippen molar-refractivity contribution in [2.45, 2.75) is 13.0 Å². The molecule has 1 fully saturated rings.